The van der Waals surface area contributed by atoms with E-state index in [1.54, 1.807) is 7.11 Å². The number of methoxy groups -OCH3 is 1. The van der Waals surface area contributed by atoms with Gasteiger partial charge in [-0.15, -0.1) is 0 Å². The van der Waals surface area contributed by atoms with Gasteiger partial charge in [0.2, 0.25) is 0 Å². The van der Waals surface area contributed by atoms with E-state index in [4.69, 9.17) is 9.84 Å². The lowest BCUT2D eigenvalue weighted by atomic mass is 10.1. The summed E-state index contributed by atoms with van der Waals surface area (Å²) in [4.78, 5) is 2.41. The monoisotopic (exact) mass is 246 g/mol. The molecule has 0 saturated heterocycles. The summed E-state index contributed by atoms with van der Waals surface area (Å²) in [5.74, 6) is 0.656. The Morgan fingerprint density at radius 2 is 2.00 bits per heavy atom. The topological polar surface area (TPSA) is 44.7 Å². The molecule has 2 N–H and O–H groups in total. The largest absolute Gasteiger partial charge is 0.396 e. The molecule has 0 spiro atoms. The van der Waals surface area contributed by atoms with Crippen LogP contribution >= 0.6 is 0 Å². The van der Waals surface area contributed by atoms with Crippen LogP contribution in [0.1, 0.15) is 27.2 Å². The standard InChI is InChI=1S/C13H30N2O2/c1-5-14-13(6-8-16)11-15(7-9-17-4)10-12(2)3/h12-14,16H,5-11H2,1-4H3. The van der Waals surface area contributed by atoms with Crippen molar-refractivity contribution in [3.05, 3.63) is 0 Å². The summed E-state index contributed by atoms with van der Waals surface area (Å²) in [6.07, 6.45) is 0.815. The van der Waals surface area contributed by atoms with Gasteiger partial charge >= 0.3 is 0 Å². The molecule has 0 saturated carbocycles. The number of aliphatic hydroxyl groups is 1. The van der Waals surface area contributed by atoms with Crippen molar-refractivity contribution >= 4 is 0 Å². The molecule has 4 nitrogen and oxygen atoms in total. The predicted octanol–water partition coefficient (Wildman–Crippen LogP) is 0.951. The number of ether oxygens (including phenoxy) is 1. The van der Waals surface area contributed by atoms with Crippen molar-refractivity contribution in [3.8, 4) is 0 Å². The summed E-state index contributed by atoms with van der Waals surface area (Å²) in [6.45, 7) is 11.6. The molecule has 0 bridgehead atoms. The molecule has 1 atom stereocenters. The van der Waals surface area contributed by atoms with Crippen LogP contribution in [0.25, 0.3) is 0 Å². The van der Waals surface area contributed by atoms with Crippen molar-refractivity contribution in [3.63, 3.8) is 0 Å². The number of likely N-dealkylation sites (N-methyl/N-ethyl adjacent to an activating group) is 1. The Balaban J connectivity index is 4.14. The van der Waals surface area contributed by atoms with Gasteiger partial charge in [0.15, 0.2) is 0 Å². The average molecular weight is 246 g/mol. The van der Waals surface area contributed by atoms with E-state index in [-0.39, 0.29) is 6.61 Å². The number of rotatable bonds is 11. The van der Waals surface area contributed by atoms with Crippen molar-refractivity contribution in [1.82, 2.24) is 10.2 Å². The van der Waals surface area contributed by atoms with Crippen molar-refractivity contribution in [2.45, 2.75) is 33.2 Å². The quantitative estimate of drug-likeness (QED) is 0.570. The van der Waals surface area contributed by atoms with Crippen molar-refractivity contribution in [2.75, 3.05) is 46.5 Å². The van der Waals surface area contributed by atoms with Crippen LogP contribution in [0.15, 0.2) is 0 Å². The summed E-state index contributed by atoms with van der Waals surface area (Å²) in [5, 5.41) is 12.5. The van der Waals surface area contributed by atoms with Crippen molar-refractivity contribution < 1.29 is 9.84 Å². The van der Waals surface area contributed by atoms with E-state index in [9.17, 15) is 0 Å². The minimum atomic E-state index is 0.247. The van der Waals surface area contributed by atoms with Crippen molar-refractivity contribution in [1.29, 1.82) is 0 Å². The second-order valence-corrected chi connectivity index (χ2v) is 4.91. The third-order valence-corrected chi connectivity index (χ3v) is 2.68. The normalized spacial score (nSPS) is 13.6. The number of aliphatic hydroxyl groups excluding tert-OH is 1. The Labute approximate surface area is 106 Å². The molecular formula is C13H30N2O2. The van der Waals surface area contributed by atoms with Crippen LogP contribution < -0.4 is 5.32 Å². The van der Waals surface area contributed by atoms with Crippen LogP contribution in [0, 0.1) is 5.92 Å². The van der Waals surface area contributed by atoms with Crippen molar-refractivity contribution in [2.24, 2.45) is 5.92 Å². The van der Waals surface area contributed by atoms with E-state index < -0.39 is 0 Å². The summed E-state index contributed by atoms with van der Waals surface area (Å²) in [7, 11) is 1.74. The van der Waals surface area contributed by atoms with E-state index in [2.05, 4.69) is 31.0 Å². The zero-order valence-corrected chi connectivity index (χ0v) is 11.9. The van der Waals surface area contributed by atoms with Gasteiger partial charge < -0.3 is 15.2 Å². The Hall–Kier alpha value is -0.160. The molecule has 0 amide bonds. The summed E-state index contributed by atoms with van der Waals surface area (Å²) >= 11 is 0. The summed E-state index contributed by atoms with van der Waals surface area (Å²) < 4.78 is 5.14. The molecule has 0 aromatic rings. The molecular weight excluding hydrogens is 216 g/mol. The van der Waals surface area contributed by atoms with E-state index >= 15 is 0 Å². The maximum atomic E-state index is 9.05. The highest BCUT2D eigenvalue weighted by atomic mass is 16.5. The fraction of sp³-hybridized carbons (Fsp3) is 1.00. The van der Waals surface area contributed by atoms with E-state index in [1.807, 2.05) is 0 Å². The van der Waals surface area contributed by atoms with Crippen LogP contribution in [0.4, 0.5) is 0 Å². The third kappa shape index (κ3) is 9.53. The van der Waals surface area contributed by atoms with Gasteiger partial charge in [-0.05, 0) is 18.9 Å². The molecule has 4 heteroatoms. The van der Waals surface area contributed by atoms with Gasteiger partial charge in [-0.25, -0.2) is 0 Å². The minimum absolute atomic E-state index is 0.247. The maximum absolute atomic E-state index is 9.05. The second-order valence-electron chi connectivity index (χ2n) is 4.91. The molecule has 0 aliphatic heterocycles. The van der Waals surface area contributed by atoms with Gasteiger partial charge in [0.05, 0.1) is 6.61 Å². The van der Waals surface area contributed by atoms with Gasteiger partial charge in [0.1, 0.15) is 0 Å². The van der Waals surface area contributed by atoms with Crippen LogP contribution in [-0.2, 0) is 4.74 Å². The first-order chi connectivity index (χ1) is 8.13. The lowest BCUT2D eigenvalue weighted by Crippen LogP contribution is -2.44. The first kappa shape index (κ1) is 16.8. The smallest absolute Gasteiger partial charge is 0.0589 e. The molecule has 1 unspecified atom stereocenters. The predicted molar refractivity (Wildman–Crippen MR) is 72.3 cm³/mol. The molecule has 0 rings (SSSR count). The molecule has 0 aliphatic carbocycles. The molecule has 0 aromatic heterocycles. The average Bonchev–Trinajstić information content (AvgIpc) is 2.26. The Bertz CT molecular complexity index is 159. The highest BCUT2D eigenvalue weighted by molar-refractivity contribution is 4.72. The second kappa shape index (κ2) is 11.0. The highest BCUT2D eigenvalue weighted by Gasteiger charge is 2.13. The lowest BCUT2D eigenvalue weighted by molar-refractivity contribution is 0.128. The number of hydrogen-bond acceptors (Lipinski definition) is 4. The van der Waals surface area contributed by atoms with Crippen LogP contribution in [0.2, 0.25) is 0 Å². The SMILES string of the molecule is CCNC(CCO)CN(CCOC)CC(C)C. The molecule has 0 radical (unpaired) electrons. The van der Waals surface area contributed by atoms with E-state index in [0.717, 1.165) is 39.2 Å². The molecule has 0 aliphatic rings. The van der Waals surface area contributed by atoms with Gasteiger partial charge in [-0.1, -0.05) is 20.8 Å². The van der Waals surface area contributed by atoms with Crippen LogP contribution in [-0.4, -0.2) is 62.6 Å². The minimum Gasteiger partial charge on any atom is -0.396 e. The van der Waals surface area contributed by atoms with Gasteiger partial charge in [-0.3, -0.25) is 4.90 Å². The molecule has 0 aromatic carbocycles. The zero-order valence-electron chi connectivity index (χ0n) is 11.9. The molecule has 104 valence electrons. The third-order valence-electron chi connectivity index (χ3n) is 2.68. The number of hydrogen-bond donors (Lipinski definition) is 2. The van der Waals surface area contributed by atoms with Gasteiger partial charge in [0.25, 0.3) is 0 Å². The van der Waals surface area contributed by atoms with Crippen LogP contribution in [0.5, 0.6) is 0 Å². The number of nitrogens with zero attached hydrogens (tertiary/aromatic N) is 1. The van der Waals surface area contributed by atoms with Gasteiger partial charge in [0, 0.05) is 39.4 Å². The summed E-state index contributed by atoms with van der Waals surface area (Å²) in [5.41, 5.74) is 0. The van der Waals surface area contributed by atoms with E-state index in [1.165, 1.54) is 0 Å². The summed E-state index contributed by atoms with van der Waals surface area (Å²) in [6, 6.07) is 0.376. The van der Waals surface area contributed by atoms with Crippen LogP contribution in [0.3, 0.4) is 0 Å². The maximum Gasteiger partial charge on any atom is 0.0589 e. The van der Waals surface area contributed by atoms with E-state index in [0.29, 0.717) is 12.0 Å². The Morgan fingerprint density at radius 1 is 1.29 bits per heavy atom. The Kier molecular flexibility index (Phi) is 10.9. The first-order valence-corrected chi connectivity index (χ1v) is 6.69. The molecule has 17 heavy (non-hydrogen) atoms. The lowest BCUT2D eigenvalue weighted by Gasteiger charge is -2.28. The highest BCUT2D eigenvalue weighted by Crippen LogP contribution is 2.02. The van der Waals surface area contributed by atoms with Gasteiger partial charge in [-0.2, -0.15) is 0 Å². The number of nitrogens with one attached hydrogen (secondary N) is 1. The fourth-order valence-corrected chi connectivity index (χ4v) is 2.01. The first-order valence-electron chi connectivity index (χ1n) is 6.69. The molecule has 0 heterocycles. The molecule has 0 fully saturated rings. The zero-order chi connectivity index (χ0) is 13.1. The fourth-order valence-electron chi connectivity index (χ4n) is 2.01. The Morgan fingerprint density at radius 3 is 2.47 bits per heavy atom.